The molecule has 0 fully saturated rings. The Morgan fingerprint density at radius 2 is 1.83 bits per heavy atom. The number of aromatic amines is 1. The summed E-state index contributed by atoms with van der Waals surface area (Å²) < 4.78 is 5.01. The summed E-state index contributed by atoms with van der Waals surface area (Å²) in [4.78, 5) is 20.4. The molecule has 2 aromatic carbocycles. The number of amides is 1. The van der Waals surface area contributed by atoms with Gasteiger partial charge in [0.2, 0.25) is 5.91 Å². The number of rotatable bonds is 10. The normalized spacial score (nSPS) is 10.9. The summed E-state index contributed by atoms with van der Waals surface area (Å²) in [5.74, 6) is 1.06. The van der Waals surface area contributed by atoms with Crippen molar-refractivity contribution in [2.45, 2.75) is 24.8 Å². The maximum Gasteiger partial charge on any atom is 0.230 e. The maximum atomic E-state index is 12.2. The van der Waals surface area contributed by atoms with Gasteiger partial charge in [-0.2, -0.15) is 0 Å². The van der Waals surface area contributed by atoms with E-state index < -0.39 is 0 Å². The molecule has 0 radical (unpaired) electrons. The van der Waals surface area contributed by atoms with Crippen LogP contribution in [0, 0.1) is 0 Å². The van der Waals surface area contributed by atoms with E-state index in [1.165, 1.54) is 17.3 Å². The van der Waals surface area contributed by atoms with Gasteiger partial charge in [0.15, 0.2) is 0 Å². The van der Waals surface area contributed by atoms with Crippen LogP contribution in [0.15, 0.2) is 53.6 Å². The molecule has 0 saturated carbocycles. The largest absolute Gasteiger partial charge is 0.385 e. The Kier molecular flexibility index (Phi) is 8.37. The van der Waals surface area contributed by atoms with Crippen LogP contribution < -0.4 is 5.32 Å². The summed E-state index contributed by atoms with van der Waals surface area (Å²) in [6, 6.07) is 16.0. The summed E-state index contributed by atoms with van der Waals surface area (Å²) in [5, 5.41) is 4.38. The van der Waals surface area contributed by atoms with E-state index in [2.05, 4.69) is 41.5 Å². The molecule has 0 bridgehead atoms. The molecule has 1 heterocycles. The number of H-pyrrole nitrogens is 1. The zero-order valence-corrected chi connectivity index (χ0v) is 18.8. The third kappa shape index (κ3) is 6.11. The van der Waals surface area contributed by atoms with E-state index in [-0.39, 0.29) is 5.91 Å². The fourth-order valence-corrected chi connectivity index (χ4v) is 3.90. The van der Waals surface area contributed by atoms with Gasteiger partial charge in [-0.15, -0.1) is 0 Å². The molecule has 3 rings (SSSR count). The van der Waals surface area contributed by atoms with Crippen LogP contribution in [0.2, 0.25) is 5.02 Å². The van der Waals surface area contributed by atoms with Crippen molar-refractivity contribution in [1.29, 1.82) is 0 Å². The zero-order chi connectivity index (χ0) is 21.3. The lowest BCUT2D eigenvalue weighted by atomic mass is 10.1. The van der Waals surface area contributed by atoms with E-state index in [9.17, 15) is 4.79 Å². The highest BCUT2D eigenvalue weighted by Gasteiger charge is 2.15. The second kappa shape index (κ2) is 11.2. The van der Waals surface area contributed by atoms with Crippen LogP contribution in [0.1, 0.15) is 18.9 Å². The summed E-state index contributed by atoms with van der Waals surface area (Å²) in [7, 11) is 1.65. The Hall–Kier alpha value is -2.28. The molecular weight excluding hydrogens is 418 g/mol. The van der Waals surface area contributed by atoms with Gasteiger partial charge in [-0.3, -0.25) is 4.79 Å². The number of hydrogen-bond acceptors (Lipinski definition) is 4. The fraction of sp³-hybridized carbons (Fsp3) is 0.304. The van der Waals surface area contributed by atoms with Crippen LogP contribution in [-0.2, 0) is 16.0 Å². The number of nitrogens with zero attached hydrogens (tertiary/aromatic N) is 1. The van der Waals surface area contributed by atoms with E-state index in [0.29, 0.717) is 23.9 Å². The molecule has 1 amide bonds. The maximum absolute atomic E-state index is 12.2. The lowest BCUT2D eigenvalue weighted by Crippen LogP contribution is -2.26. The second-order valence-corrected chi connectivity index (χ2v) is 8.21. The molecule has 0 spiro atoms. The molecule has 0 aliphatic carbocycles. The van der Waals surface area contributed by atoms with Gasteiger partial charge in [-0.05, 0) is 30.5 Å². The fourth-order valence-electron chi connectivity index (χ4n) is 2.94. The highest BCUT2D eigenvalue weighted by atomic mass is 35.5. The molecule has 158 valence electrons. The number of benzene rings is 2. The van der Waals surface area contributed by atoms with Gasteiger partial charge < -0.3 is 15.0 Å². The van der Waals surface area contributed by atoms with Gasteiger partial charge in [-0.1, -0.05) is 66.7 Å². The number of aryl methyl sites for hydroxylation is 1. The SMILES string of the molecule is CCc1ccc(-c2nc(SCC(=O)NCCCOC)c(-c3ccc(Cl)cc3)[nH]2)cc1. The number of carbonyl (C=O) groups is 1. The highest BCUT2D eigenvalue weighted by Crippen LogP contribution is 2.33. The molecule has 7 heteroatoms. The molecule has 0 saturated heterocycles. The van der Waals surface area contributed by atoms with Gasteiger partial charge in [0, 0.05) is 36.4 Å². The standard InChI is InChI=1S/C23H26ClN3O2S/c1-3-16-5-7-18(8-6-16)22-26-21(17-9-11-19(24)12-10-17)23(27-22)30-15-20(28)25-13-4-14-29-2/h5-12H,3-4,13-15H2,1-2H3,(H,25,28)(H,26,27). The number of imidazole rings is 1. The quantitative estimate of drug-likeness (QED) is 0.333. The topological polar surface area (TPSA) is 67.0 Å². The molecule has 5 nitrogen and oxygen atoms in total. The number of carbonyl (C=O) groups excluding carboxylic acids is 1. The van der Waals surface area contributed by atoms with Crippen LogP contribution in [0.3, 0.4) is 0 Å². The van der Waals surface area contributed by atoms with E-state index >= 15 is 0 Å². The van der Waals surface area contributed by atoms with Gasteiger partial charge in [0.1, 0.15) is 10.9 Å². The van der Waals surface area contributed by atoms with Crippen molar-refractivity contribution < 1.29 is 9.53 Å². The Morgan fingerprint density at radius 3 is 2.50 bits per heavy atom. The van der Waals surface area contributed by atoms with E-state index in [1.807, 2.05) is 24.3 Å². The van der Waals surface area contributed by atoms with Crippen LogP contribution >= 0.6 is 23.4 Å². The number of ether oxygens (including phenoxy) is 1. The minimum absolute atomic E-state index is 0.0185. The lowest BCUT2D eigenvalue weighted by molar-refractivity contribution is -0.118. The van der Waals surface area contributed by atoms with Crippen LogP contribution in [0.5, 0.6) is 0 Å². The third-order valence-electron chi connectivity index (χ3n) is 4.63. The van der Waals surface area contributed by atoms with Crippen LogP contribution in [0.4, 0.5) is 0 Å². The zero-order valence-electron chi connectivity index (χ0n) is 17.2. The first-order valence-electron chi connectivity index (χ1n) is 9.94. The Bertz CT molecular complexity index is 956. The molecule has 1 aromatic heterocycles. The average Bonchev–Trinajstić information content (AvgIpc) is 3.20. The Labute approximate surface area is 186 Å². The lowest BCUT2D eigenvalue weighted by Gasteiger charge is -2.05. The Morgan fingerprint density at radius 1 is 1.13 bits per heavy atom. The molecule has 2 N–H and O–H groups in total. The summed E-state index contributed by atoms with van der Waals surface area (Å²) in [6.45, 7) is 3.37. The average molecular weight is 444 g/mol. The van der Waals surface area contributed by atoms with E-state index in [0.717, 1.165) is 40.5 Å². The van der Waals surface area contributed by atoms with Crippen molar-refractivity contribution in [3.63, 3.8) is 0 Å². The number of halogens is 1. The molecule has 30 heavy (non-hydrogen) atoms. The highest BCUT2D eigenvalue weighted by molar-refractivity contribution is 8.00. The minimum atomic E-state index is -0.0185. The first-order valence-corrected chi connectivity index (χ1v) is 11.3. The molecule has 3 aromatic rings. The summed E-state index contributed by atoms with van der Waals surface area (Å²) in [6.07, 6.45) is 1.79. The monoisotopic (exact) mass is 443 g/mol. The van der Waals surface area contributed by atoms with E-state index in [1.54, 1.807) is 7.11 Å². The molecule has 0 aliphatic rings. The third-order valence-corrected chi connectivity index (χ3v) is 5.85. The molecule has 0 atom stereocenters. The number of nitrogens with one attached hydrogen (secondary N) is 2. The van der Waals surface area contributed by atoms with Crippen molar-refractivity contribution in [2.24, 2.45) is 0 Å². The Balaban J connectivity index is 1.79. The first-order chi connectivity index (χ1) is 14.6. The first kappa shape index (κ1) is 22.4. The van der Waals surface area contributed by atoms with Crippen LogP contribution in [0.25, 0.3) is 22.6 Å². The van der Waals surface area contributed by atoms with Gasteiger partial charge >= 0.3 is 0 Å². The minimum Gasteiger partial charge on any atom is -0.385 e. The number of methoxy groups -OCH3 is 1. The van der Waals surface area contributed by atoms with Gasteiger partial charge in [0.05, 0.1) is 11.4 Å². The van der Waals surface area contributed by atoms with Crippen molar-refractivity contribution in [1.82, 2.24) is 15.3 Å². The van der Waals surface area contributed by atoms with Crippen LogP contribution in [-0.4, -0.2) is 41.9 Å². The predicted octanol–water partition coefficient (Wildman–Crippen LogP) is 5.20. The predicted molar refractivity (Wildman–Crippen MR) is 124 cm³/mol. The summed E-state index contributed by atoms with van der Waals surface area (Å²) in [5.41, 5.74) is 4.16. The molecule has 0 unspecified atom stereocenters. The van der Waals surface area contributed by atoms with Gasteiger partial charge in [-0.25, -0.2) is 4.98 Å². The van der Waals surface area contributed by atoms with Gasteiger partial charge in [0.25, 0.3) is 0 Å². The smallest absolute Gasteiger partial charge is 0.230 e. The number of thioether (sulfide) groups is 1. The molecule has 0 aliphatic heterocycles. The van der Waals surface area contributed by atoms with Crippen molar-refractivity contribution >= 4 is 29.3 Å². The van der Waals surface area contributed by atoms with Crippen molar-refractivity contribution in [3.05, 3.63) is 59.1 Å². The number of aromatic nitrogens is 2. The molecular formula is C23H26ClN3O2S. The van der Waals surface area contributed by atoms with Crippen molar-refractivity contribution in [3.8, 4) is 22.6 Å². The second-order valence-electron chi connectivity index (χ2n) is 6.81. The van der Waals surface area contributed by atoms with Crippen molar-refractivity contribution in [2.75, 3.05) is 26.0 Å². The number of hydrogen-bond donors (Lipinski definition) is 2. The summed E-state index contributed by atoms with van der Waals surface area (Å²) >= 11 is 7.47. The van der Waals surface area contributed by atoms with E-state index in [4.69, 9.17) is 21.3 Å².